The Morgan fingerprint density at radius 3 is 2.95 bits per heavy atom. The normalized spacial score (nSPS) is 17.9. The van der Waals surface area contributed by atoms with Gasteiger partial charge in [-0.3, -0.25) is 9.48 Å². The van der Waals surface area contributed by atoms with Gasteiger partial charge in [0.2, 0.25) is 0 Å². The molecule has 0 radical (unpaired) electrons. The second-order valence-electron chi connectivity index (χ2n) is 5.17. The van der Waals surface area contributed by atoms with E-state index in [-0.39, 0.29) is 11.9 Å². The molecule has 2 rings (SSSR count). The van der Waals surface area contributed by atoms with E-state index in [4.69, 9.17) is 0 Å². The number of hydrogen-bond acceptors (Lipinski definition) is 2. The van der Waals surface area contributed by atoms with Crippen LogP contribution in [0.3, 0.4) is 0 Å². The number of nitrogens with one attached hydrogen (secondary N) is 1. The molecule has 0 saturated heterocycles. The zero-order valence-corrected chi connectivity index (χ0v) is 11.6. The zero-order chi connectivity index (χ0) is 13.7. The lowest BCUT2D eigenvalue weighted by molar-refractivity contribution is 0.0916. The summed E-state index contributed by atoms with van der Waals surface area (Å²) in [4.78, 5) is 12.3. The predicted molar refractivity (Wildman–Crippen MR) is 75.9 cm³/mol. The molecular weight excluding hydrogens is 238 g/mol. The second-order valence-corrected chi connectivity index (χ2v) is 5.17. The maximum absolute atomic E-state index is 12.3. The number of aromatic nitrogens is 2. The Labute approximate surface area is 114 Å². The average molecular weight is 261 g/mol. The maximum Gasteiger partial charge on any atom is 0.270 e. The molecule has 1 aromatic heterocycles. The number of carbonyl (C=O) groups excluding carboxylic acids is 1. The lowest BCUT2D eigenvalue weighted by Crippen LogP contribution is -2.40. The molecule has 1 aliphatic carbocycles. The molecule has 1 heterocycles. The van der Waals surface area contributed by atoms with Gasteiger partial charge in [-0.15, -0.1) is 6.58 Å². The topological polar surface area (TPSA) is 46.9 Å². The van der Waals surface area contributed by atoms with Gasteiger partial charge in [0.1, 0.15) is 5.69 Å². The third-order valence-electron chi connectivity index (χ3n) is 3.96. The molecule has 1 atom stereocenters. The lowest BCUT2D eigenvalue weighted by atomic mass is 9.84. The van der Waals surface area contributed by atoms with E-state index in [0.29, 0.717) is 18.2 Å². The molecule has 1 unspecified atom stereocenters. The van der Waals surface area contributed by atoms with Gasteiger partial charge in [-0.1, -0.05) is 25.3 Å². The minimum atomic E-state index is -0.0465. The van der Waals surface area contributed by atoms with Crippen LogP contribution in [0.15, 0.2) is 24.9 Å². The van der Waals surface area contributed by atoms with Crippen molar-refractivity contribution in [2.24, 2.45) is 5.92 Å². The number of carbonyl (C=O) groups is 1. The quantitative estimate of drug-likeness (QED) is 0.828. The van der Waals surface area contributed by atoms with Crippen molar-refractivity contribution in [3.05, 3.63) is 30.6 Å². The second kappa shape index (κ2) is 6.55. The minimum Gasteiger partial charge on any atom is -0.344 e. The fourth-order valence-corrected chi connectivity index (χ4v) is 2.87. The number of amides is 1. The van der Waals surface area contributed by atoms with E-state index in [9.17, 15) is 4.79 Å². The van der Waals surface area contributed by atoms with Crippen LogP contribution >= 0.6 is 0 Å². The Bertz CT molecular complexity index is 432. The molecule has 19 heavy (non-hydrogen) atoms. The van der Waals surface area contributed by atoms with Crippen molar-refractivity contribution in [2.45, 2.75) is 51.6 Å². The zero-order valence-electron chi connectivity index (χ0n) is 11.6. The Morgan fingerprint density at radius 1 is 1.58 bits per heavy atom. The molecular formula is C15H23N3O. The Balaban J connectivity index is 2.01. The van der Waals surface area contributed by atoms with E-state index < -0.39 is 0 Å². The predicted octanol–water partition coefficient (Wildman–Crippen LogP) is 2.77. The third kappa shape index (κ3) is 3.25. The van der Waals surface area contributed by atoms with E-state index in [2.05, 4.69) is 17.0 Å². The fraction of sp³-hybridized carbons (Fsp3) is 0.600. The summed E-state index contributed by atoms with van der Waals surface area (Å²) in [6.07, 6.45) is 9.75. The highest BCUT2D eigenvalue weighted by atomic mass is 16.2. The molecule has 1 N–H and O–H groups in total. The molecule has 0 spiro atoms. The molecule has 0 bridgehead atoms. The van der Waals surface area contributed by atoms with Crippen LogP contribution in [0.5, 0.6) is 0 Å². The van der Waals surface area contributed by atoms with Crippen molar-refractivity contribution in [2.75, 3.05) is 0 Å². The van der Waals surface area contributed by atoms with E-state index in [1.165, 1.54) is 32.1 Å². The molecule has 0 aromatic carbocycles. The van der Waals surface area contributed by atoms with E-state index in [1.807, 2.05) is 13.0 Å². The summed E-state index contributed by atoms with van der Waals surface area (Å²) in [6, 6.07) is 1.84. The van der Waals surface area contributed by atoms with Crippen molar-refractivity contribution >= 4 is 5.91 Å². The van der Waals surface area contributed by atoms with Gasteiger partial charge in [0, 0.05) is 12.7 Å². The van der Waals surface area contributed by atoms with Crippen molar-refractivity contribution in [1.29, 1.82) is 0 Å². The molecule has 1 fully saturated rings. The van der Waals surface area contributed by atoms with Crippen LogP contribution in [0.25, 0.3) is 0 Å². The monoisotopic (exact) mass is 261 g/mol. The van der Waals surface area contributed by atoms with Crippen molar-refractivity contribution in [1.82, 2.24) is 15.1 Å². The fourth-order valence-electron chi connectivity index (χ4n) is 2.87. The van der Waals surface area contributed by atoms with E-state index in [0.717, 1.165) is 0 Å². The Kier molecular flexibility index (Phi) is 4.77. The van der Waals surface area contributed by atoms with Gasteiger partial charge >= 0.3 is 0 Å². The summed E-state index contributed by atoms with van der Waals surface area (Å²) >= 11 is 0. The summed E-state index contributed by atoms with van der Waals surface area (Å²) < 4.78 is 1.72. The summed E-state index contributed by atoms with van der Waals surface area (Å²) in [5.74, 6) is 0.489. The van der Waals surface area contributed by atoms with Gasteiger partial charge < -0.3 is 5.32 Å². The first-order valence-electron chi connectivity index (χ1n) is 7.21. The van der Waals surface area contributed by atoms with Crippen molar-refractivity contribution < 1.29 is 4.79 Å². The van der Waals surface area contributed by atoms with E-state index >= 15 is 0 Å². The van der Waals surface area contributed by atoms with Crippen molar-refractivity contribution in [3.63, 3.8) is 0 Å². The highest BCUT2D eigenvalue weighted by Crippen LogP contribution is 2.27. The third-order valence-corrected chi connectivity index (χ3v) is 3.96. The van der Waals surface area contributed by atoms with Crippen LogP contribution in [0.1, 0.15) is 49.5 Å². The van der Waals surface area contributed by atoms with Gasteiger partial charge in [0.15, 0.2) is 0 Å². The summed E-state index contributed by atoms with van der Waals surface area (Å²) in [7, 11) is 0. The maximum atomic E-state index is 12.3. The highest BCUT2D eigenvalue weighted by molar-refractivity contribution is 5.92. The highest BCUT2D eigenvalue weighted by Gasteiger charge is 2.24. The molecule has 1 aliphatic rings. The summed E-state index contributed by atoms with van der Waals surface area (Å²) in [5, 5.41) is 7.23. The first-order valence-corrected chi connectivity index (χ1v) is 7.21. The Hall–Kier alpha value is -1.58. The standard InChI is InChI=1S/C15H23N3O/c1-3-13(12-8-6-5-7-9-12)17-15(19)14-10-11-16-18(14)4-2/h3,10-13H,1,4-9H2,2H3,(H,17,19). The minimum absolute atomic E-state index is 0.0465. The van der Waals surface area contributed by atoms with Gasteiger partial charge in [-0.2, -0.15) is 5.10 Å². The van der Waals surface area contributed by atoms with Crippen LogP contribution in [0, 0.1) is 5.92 Å². The van der Waals surface area contributed by atoms with Crippen LogP contribution in [0.2, 0.25) is 0 Å². The first kappa shape index (κ1) is 13.8. The Morgan fingerprint density at radius 2 is 2.32 bits per heavy atom. The molecule has 1 saturated carbocycles. The largest absolute Gasteiger partial charge is 0.344 e. The van der Waals surface area contributed by atoms with Gasteiger partial charge in [-0.05, 0) is 31.7 Å². The van der Waals surface area contributed by atoms with Crippen LogP contribution in [0.4, 0.5) is 0 Å². The van der Waals surface area contributed by atoms with Gasteiger partial charge in [0.25, 0.3) is 5.91 Å². The number of aryl methyl sites for hydroxylation is 1. The molecule has 4 heteroatoms. The first-order chi connectivity index (χ1) is 9.26. The number of rotatable bonds is 5. The van der Waals surface area contributed by atoms with Crippen molar-refractivity contribution in [3.8, 4) is 0 Å². The smallest absolute Gasteiger partial charge is 0.270 e. The van der Waals surface area contributed by atoms with Crippen LogP contribution < -0.4 is 5.32 Å². The lowest BCUT2D eigenvalue weighted by Gasteiger charge is -2.28. The molecule has 1 amide bonds. The number of nitrogens with zero attached hydrogens (tertiary/aromatic N) is 2. The van der Waals surface area contributed by atoms with Gasteiger partial charge in [-0.25, -0.2) is 0 Å². The van der Waals surface area contributed by atoms with Crippen LogP contribution in [-0.4, -0.2) is 21.7 Å². The number of hydrogen-bond donors (Lipinski definition) is 1. The summed E-state index contributed by atoms with van der Waals surface area (Å²) in [5.41, 5.74) is 0.630. The van der Waals surface area contributed by atoms with Gasteiger partial charge in [0.05, 0.1) is 6.04 Å². The summed E-state index contributed by atoms with van der Waals surface area (Å²) in [6.45, 7) is 6.56. The molecule has 4 nitrogen and oxygen atoms in total. The van der Waals surface area contributed by atoms with Crippen LogP contribution in [-0.2, 0) is 6.54 Å². The SMILES string of the molecule is C=CC(NC(=O)c1ccnn1CC)C1CCCCC1. The molecule has 0 aliphatic heterocycles. The average Bonchev–Trinajstić information content (AvgIpc) is 2.94. The molecule has 1 aromatic rings. The molecule has 104 valence electrons. The van der Waals surface area contributed by atoms with E-state index in [1.54, 1.807) is 16.9 Å².